The van der Waals surface area contributed by atoms with Crippen LogP contribution in [0, 0.1) is 6.92 Å². The van der Waals surface area contributed by atoms with Gasteiger partial charge in [-0.3, -0.25) is 4.79 Å². The molecule has 0 saturated carbocycles. The molecule has 0 heterocycles. The van der Waals surface area contributed by atoms with E-state index in [1.807, 2.05) is 6.92 Å². The first kappa shape index (κ1) is 13.5. The SMILES string of the molecule is Cc1cc(C(N)=O)ccc1OCCNC(C)C. The highest BCUT2D eigenvalue weighted by Crippen LogP contribution is 2.18. The number of rotatable bonds is 6. The minimum Gasteiger partial charge on any atom is -0.492 e. The molecule has 0 aliphatic heterocycles. The Balaban J connectivity index is 2.52. The number of ether oxygens (including phenoxy) is 1. The van der Waals surface area contributed by atoms with Gasteiger partial charge < -0.3 is 15.8 Å². The first-order valence-electron chi connectivity index (χ1n) is 5.77. The van der Waals surface area contributed by atoms with Gasteiger partial charge in [-0.05, 0) is 30.7 Å². The Bertz CT molecular complexity index is 389. The maximum atomic E-state index is 11.0. The van der Waals surface area contributed by atoms with Crippen molar-refractivity contribution in [2.24, 2.45) is 5.73 Å². The molecule has 0 atom stereocenters. The average molecular weight is 236 g/mol. The molecule has 0 radical (unpaired) electrons. The summed E-state index contributed by atoms with van der Waals surface area (Å²) >= 11 is 0. The van der Waals surface area contributed by atoms with E-state index in [0.29, 0.717) is 18.2 Å². The van der Waals surface area contributed by atoms with E-state index in [4.69, 9.17) is 10.5 Å². The molecule has 1 aromatic carbocycles. The molecular formula is C13H20N2O2. The zero-order valence-electron chi connectivity index (χ0n) is 10.6. The van der Waals surface area contributed by atoms with Gasteiger partial charge in [0.1, 0.15) is 12.4 Å². The second kappa shape index (κ2) is 6.25. The smallest absolute Gasteiger partial charge is 0.248 e. The monoisotopic (exact) mass is 236 g/mol. The molecular weight excluding hydrogens is 216 g/mol. The van der Waals surface area contributed by atoms with Crippen LogP contribution in [0.5, 0.6) is 5.75 Å². The van der Waals surface area contributed by atoms with Crippen LogP contribution in [0.4, 0.5) is 0 Å². The minimum atomic E-state index is -0.416. The number of hydrogen-bond donors (Lipinski definition) is 2. The lowest BCUT2D eigenvalue weighted by Gasteiger charge is -2.11. The summed E-state index contributed by atoms with van der Waals surface area (Å²) in [7, 11) is 0. The van der Waals surface area contributed by atoms with Gasteiger partial charge in [0, 0.05) is 18.2 Å². The van der Waals surface area contributed by atoms with E-state index in [2.05, 4.69) is 19.2 Å². The van der Waals surface area contributed by atoms with Crippen LogP contribution in [-0.2, 0) is 0 Å². The first-order chi connectivity index (χ1) is 8.00. The van der Waals surface area contributed by atoms with Gasteiger partial charge in [-0.15, -0.1) is 0 Å². The average Bonchev–Trinajstić information content (AvgIpc) is 2.25. The topological polar surface area (TPSA) is 64.4 Å². The van der Waals surface area contributed by atoms with Crippen LogP contribution >= 0.6 is 0 Å². The molecule has 0 aliphatic carbocycles. The fraction of sp³-hybridized carbons (Fsp3) is 0.462. The molecule has 1 rings (SSSR count). The number of nitrogens with one attached hydrogen (secondary N) is 1. The molecule has 4 heteroatoms. The lowest BCUT2D eigenvalue weighted by Crippen LogP contribution is -2.27. The maximum absolute atomic E-state index is 11.0. The van der Waals surface area contributed by atoms with Crippen LogP contribution in [0.1, 0.15) is 29.8 Å². The molecule has 4 nitrogen and oxygen atoms in total. The van der Waals surface area contributed by atoms with Crippen molar-refractivity contribution in [1.82, 2.24) is 5.32 Å². The summed E-state index contributed by atoms with van der Waals surface area (Å²) in [5.41, 5.74) is 6.63. The molecule has 17 heavy (non-hydrogen) atoms. The van der Waals surface area contributed by atoms with Crippen LogP contribution < -0.4 is 15.8 Å². The van der Waals surface area contributed by atoms with Gasteiger partial charge in [-0.1, -0.05) is 13.8 Å². The van der Waals surface area contributed by atoms with Crippen LogP contribution in [-0.4, -0.2) is 25.1 Å². The molecule has 0 saturated heterocycles. The summed E-state index contributed by atoms with van der Waals surface area (Å²) in [6.07, 6.45) is 0. The third kappa shape index (κ3) is 4.44. The highest BCUT2D eigenvalue weighted by molar-refractivity contribution is 5.93. The Morgan fingerprint density at radius 2 is 2.18 bits per heavy atom. The fourth-order valence-electron chi connectivity index (χ4n) is 1.47. The largest absolute Gasteiger partial charge is 0.492 e. The quantitative estimate of drug-likeness (QED) is 0.735. The Hall–Kier alpha value is -1.55. The van der Waals surface area contributed by atoms with Crippen LogP contribution in [0.2, 0.25) is 0 Å². The Morgan fingerprint density at radius 1 is 1.47 bits per heavy atom. The molecule has 0 unspecified atom stereocenters. The van der Waals surface area contributed by atoms with Crippen molar-refractivity contribution in [3.05, 3.63) is 29.3 Å². The molecule has 1 aromatic rings. The molecule has 0 aliphatic rings. The number of nitrogens with two attached hydrogens (primary N) is 1. The van der Waals surface area contributed by atoms with E-state index >= 15 is 0 Å². The molecule has 0 fully saturated rings. The predicted molar refractivity (Wildman–Crippen MR) is 68.3 cm³/mol. The van der Waals surface area contributed by atoms with Crippen molar-refractivity contribution in [1.29, 1.82) is 0 Å². The van der Waals surface area contributed by atoms with Gasteiger partial charge in [0.05, 0.1) is 0 Å². The highest BCUT2D eigenvalue weighted by Gasteiger charge is 2.04. The number of primary amides is 1. The number of aryl methyl sites for hydroxylation is 1. The first-order valence-corrected chi connectivity index (χ1v) is 5.77. The molecule has 0 spiro atoms. The summed E-state index contributed by atoms with van der Waals surface area (Å²) in [5.74, 6) is 0.377. The van der Waals surface area contributed by atoms with Crippen LogP contribution in [0.25, 0.3) is 0 Å². The Morgan fingerprint density at radius 3 is 2.71 bits per heavy atom. The highest BCUT2D eigenvalue weighted by atomic mass is 16.5. The van der Waals surface area contributed by atoms with E-state index in [0.717, 1.165) is 17.9 Å². The third-order valence-electron chi connectivity index (χ3n) is 2.37. The number of carbonyl (C=O) groups is 1. The van der Waals surface area contributed by atoms with Crippen molar-refractivity contribution in [2.75, 3.05) is 13.2 Å². The maximum Gasteiger partial charge on any atom is 0.248 e. The van der Waals surface area contributed by atoms with Crippen molar-refractivity contribution in [3.8, 4) is 5.75 Å². The number of hydrogen-bond acceptors (Lipinski definition) is 3. The summed E-state index contributed by atoms with van der Waals surface area (Å²) in [4.78, 5) is 11.0. The predicted octanol–water partition coefficient (Wildman–Crippen LogP) is 1.47. The van der Waals surface area contributed by atoms with E-state index in [9.17, 15) is 4.79 Å². The number of benzene rings is 1. The van der Waals surface area contributed by atoms with E-state index in [1.165, 1.54) is 0 Å². The zero-order valence-corrected chi connectivity index (χ0v) is 10.6. The van der Waals surface area contributed by atoms with E-state index in [-0.39, 0.29) is 0 Å². The lowest BCUT2D eigenvalue weighted by molar-refractivity contribution is 0.1000. The third-order valence-corrected chi connectivity index (χ3v) is 2.37. The number of amides is 1. The van der Waals surface area contributed by atoms with Gasteiger partial charge in [-0.25, -0.2) is 0 Å². The summed E-state index contributed by atoms with van der Waals surface area (Å²) in [5, 5.41) is 3.27. The fourth-order valence-corrected chi connectivity index (χ4v) is 1.47. The molecule has 0 bridgehead atoms. The summed E-state index contributed by atoms with van der Waals surface area (Å²) in [6, 6.07) is 5.66. The van der Waals surface area contributed by atoms with Crippen molar-refractivity contribution >= 4 is 5.91 Å². The second-order valence-corrected chi connectivity index (χ2v) is 4.30. The van der Waals surface area contributed by atoms with E-state index < -0.39 is 5.91 Å². The van der Waals surface area contributed by atoms with Gasteiger partial charge in [-0.2, -0.15) is 0 Å². The van der Waals surface area contributed by atoms with Gasteiger partial charge in [0.15, 0.2) is 0 Å². The second-order valence-electron chi connectivity index (χ2n) is 4.30. The lowest BCUT2D eigenvalue weighted by atomic mass is 10.1. The van der Waals surface area contributed by atoms with Gasteiger partial charge in [0.2, 0.25) is 5.91 Å². The molecule has 3 N–H and O–H groups in total. The van der Waals surface area contributed by atoms with Crippen molar-refractivity contribution in [2.45, 2.75) is 26.8 Å². The standard InChI is InChI=1S/C13H20N2O2/c1-9(2)15-6-7-17-12-5-4-11(13(14)16)8-10(12)3/h4-5,8-9,15H,6-7H2,1-3H3,(H2,14,16). The Labute approximate surface area is 102 Å². The van der Waals surface area contributed by atoms with E-state index in [1.54, 1.807) is 18.2 Å². The molecule has 94 valence electrons. The molecule has 1 amide bonds. The minimum absolute atomic E-state index is 0.416. The van der Waals surface area contributed by atoms with Crippen LogP contribution in [0.15, 0.2) is 18.2 Å². The number of carbonyl (C=O) groups excluding carboxylic acids is 1. The summed E-state index contributed by atoms with van der Waals surface area (Å²) in [6.45, 7) is 7.49. The van der Waals surface area contributed by atoms with Crippen molar-refractivity contribution < 1.29 is 9.53 Å². The van der Waals surface area contributed by atoms with Crippen LogP contribution in [0.3, 0.4) is 0 Å². The Kier molecular flexibility index (Phi) is 4.97. The van der Waals surface area contributed by atoms with Crippen molar-refractivity contribution in [3.63, 3.8) is 0 Å². The normalized spacial score (nSPS) is 10.6. The van der Waals surface area contributed by atoms with Gasteiger partial charge in [0.25, 0.3) is 0 Å². The summed E-state index contributed by atoms with van der Waals surface area (Å²) < 4.78 is 5.61. The molecule has 0 aromatic heterocycles. The zero-order chi connectivity index (χ0) is 12.8. The van der Waals surface area contributed by atoms with Gasteiger partial charge >= 0.3 is 0 Å².